The smallest absolute Gasteiger partial charge is 0.191 e. The molecule has 0 saturated carbocycles. The molecule has 20 heavy (non-hydrogen) atoms. The summed E-state index contributed by atoms with van der Waals surface area (Å²) in [6.07, 6.45) is 9.51. The first-order chi connectivity index (χ1) is 9.26. The van der Waals surface area contributed by atoms with Gasteiger partial charge < -0.3 is 15.4 Å². The maximum Gasteiger partial charge on any atom is 0.191 e. The minimum atomic E-state index is 0. The topological polar surface area (TPSA) is 50.8 Å². The number of nitrogens with two attached hydrogens (primary N) is 1. The summed E-state index contributed by atoms with van der Waals surface area (Å²) in [6.45, 7) is 4.70. The summed E-state index contributed by atoms with van der Waals surface area (Å²) in [7, 11) is 0. The predicted molar refractivity (Wildman–Crippen MR) is 98.2 cm³/mol. The van der Waals surface area contributed by atoms with Gasteiger partial charge in [0.05, 0.1) is 6.54 Å². The van der Waals surface area contributed by atoms with Crippen LogP contribution in [-0.2, 0) is 4.74 Å². The summed E-state index contributed by atoms with van der Waals surface area (Å²) < 4.78 is 5.71. The van der Waals surface area contributed by atoms with Gasteiger partial charge in [-0.3, -0.25) is 4.99 Å². The molecule has 0 amide bonds. The number of guanidine groups is 1. The number of aliphatic imine (C=N–C) groups is 1. The summed E-state index contributed by atoms with van der Waals surface area (Å²) in [5, 5.41) is 0. The normalized spacial score (nSPS) is 23.9. The van der Waals surface area contributed by atoms with Crippen molar-refractivity contribution >= 4 is 41.7 Å². The molecule has 0 aromatic heterocycles. The Morgan fingerprint density at radius 2 is 1.80 bits per heavy atom. The molecule has 0 aromatic carbocycles. The number of rotatable bonds is 3. The lowest BCUT2D eigenvalue weighted by atomic mass is 9.99. The third kappa shape index (κ3) is 5.26. The molecule has 0 aromatic rings. The van der Waals surface area contributed by atoms with Crippen LogP contribution in [0.3, 0.4) is 0 Å². The second kappa shape index (κ2) is 9.35. The Bertz CT molecular complexity index is 301. The van der Waals surface area contributed by atoms with Gasteiger partial charge in [-0.2, -0.15) is 11.8 Å². The Morgan fingerprint density at radius 3 is 2.35 bits per heavy atom. The van der Waals surface area contributed by atoms with Gasteiger partial charge in [-0.05, 0) is 31.9 Å². The average molecular weight is 413 g/mol. The summed E-state index contributed by atoms with van der Waals surface area (Å²) in [4.78, 5) is 6.96. The zero-order valence-corrected chi connectivity index (χ0v) is 15.6. The molecule has 0 atom stereocenters. The van der Waals surface area contributed by atoms with Gasteiger partial charge in [0.1, 0.15) is 0 Å². The highest BCUT2D eigenvalue weighted by molar-refractivity contribution is 14.0. The molecule has 4 nitrogen and oxygen atoms in total. The monoisotopic (exact) mass is 413 g/mol. The summed E-state index contributed by atoms with van der Waals surface area (Å²) >= 11 is 1.92. The molecule has 2 aliphatic rings. The van der Waals surface area contributed by atoms with Crippen molar-refractivity contribution in [3.8, 4) is 0 Å². The fourth-order valence-corrected chi connectivity index (χ4v) is 3.56. The SMILES string of the molecule is CSC1(CN=C(N)N2CCCCCC2)CCOCC1.I. The van der Waals surface area contributed by atoms with Gasteiger partial charge in [-0.15, -0.1) is 24.0 Å². The molecule has 2 saturated heterocycles. The van der Waals surface area contributed by atoms with E-state index in [2.05, 4.69) is 11.2 Å². The Labute approximate surface area is 144 Å². The van der Waals surface area contributed by atoms with Crippen molar-refractivity contribution in [2.45, 2.75) is 43.3 Å². The van der Waals surface area contributed by atoms with Crippen molar-refractivity contribution in [3.05, 3.63) is 0 Å². The first-order valence-corrected chi connectivity index (χ1v) is 8.66. The van der Waals surface area contributed by atoms with Crippen molar-refractivity contribution in [3.63, 3.8) is 0 Å². The number of hydrogen-bond donors (Lipinski definition) is 1. The Morgan fingerprint density at radius 1 is 1.20 bits per heavy atom. The number of halogens is 1. The summed E-state index contributed by atoms with van der Waals surface area (Å²) in [5.41, 5.74) is 6.18. The van der Waals surface area contributed by atoms with E-state index in [0.29, 0.717) is 0 Å². The third-order valence-corrected chi connectivity index (χ3v) is 5.70. The molecular formula is C14H28IN3OS. The van der Waals surface area contributed by atoms with E-state index in [4.69, 9.17) is 15.5 Å². The van der Waals surface area contributed by atoms with Gasteiger partial charge in [-0.1, -0.05) is 12.8 Å². The van der Waals surface area contributed by atoms with Gasteiger partial charge in [-0.25, -0.2) is 0 Å². The maximum atomic E-state index is 6.18. The van der Waals surface area contributed by atoms with Crippen LogP contribution < -0.4 is 5.73 Å². The van der Waals surface area contributed by atoms with E-state index in [1.165, 1.54) is 25.7 Å². The second-order valence-corrected chi connectivity index (χ2v) is 6.85. The molecule has 118 valence electrons. The van der Waals surface area contributed by atoms with E-state index in [0.717, 1.165) is 51.6 Å². The highest BCUT2D eigenvalue weighted by Gasteiger charge is 2.31. The first-order valence-electron chi connectivity index (χ1n) is 7.43. The number of nitrogens with zero attached hydrogens (tertiary/aromatic N) is 2. The molecule has 2 heterocycles. The van der Waals surface area contributed by atoms with Gasteiger partial charge in [0.2, 0.25) is 0 Å². The molecule has 0 aliphatic carbocycles. The molecule has 2 N–H and O–H groups in total. The van der Waals surface area contributed by atoms with Crippen molar-refractivity contribution in [1.29, 1.82) is 0 Å². The van der Waals surface area contributed by atoms with E-state index in [1.807, 2.05) is 11.8 Å². The van der Waals surface area contributed by atoms with Crippen molar-refractivity contribution < 1.29 is 4.74 Å². The molecule has 2 rings (SSSR count). The fourth-order valence-electron chi connectivity index (χ4n) is 2.80. The van der Waals surface area contributed by atoms with Crippen LogP contribution in [0, 0.1) is 0 Å². The van der Waals surface area contributed by atoms with Crippen LogP contribution in [0.4, 0.5) is 0 Å². The molecule has 0 radical (unpaired) electrons. The quantitative estimate of drug-likeness (QED) is 0.439. The lowest BCUT2D eigenvalue weighted by Gasteiger charge is -2.34. The second-order valence-electron chi connectivity index (χ2n) is 5.58. The molecule has 0 spiro atoms. The molecule has 0 unspecified atom stereocenters. The average Bonchev–Trinajstić information content (AvgIpc) is 2.75. The van der Waals surface area contributed by atoms with E-state index >= 15 is 0 Å². The molecular weight excluding hydrogens is 385 g/mol. The van der Waals surface area contributed by atoms with Crippen LogP contribution in [0.25, 0.3) is 0 Å². The zero-order chi connectivity index (χ0) is 13.6. The van der Waals surface area contributed by atoms with Crippen LogP contribution >= 0.6 is 35.7 Å². The maximum absolute atomic E-state index is 6.18. The fraction of sp³-hybridized carbons (Fsp3) is 0.929. The number of hydrogen-bond acceptors (Lipinski definition) is 3. The minimum absolute atomic E-state index is 0. The van der Waals surface area contributed by atoms with Gasteiger partial charge in [0.15, 0.2) is 5.96 Å². The van der Waals surface area contributed by atoms with Crippen molar-refractivity contribution in [2.75, 3.05) is 39.1 Å². The van der Waals surface area contributed by atoms with Gasteiger partial charge >= 0.3 is 0 Å². The zero-order valence-electron chi connectivity index (χ0n) is 12.5. The van der Waals surface area contributed by atoms with Crippen LogP contribution in [0.1, 0.15) is 38.5 Å². The van der Waals surface area contributed by atoms with Crippen molar-refractivity contribution in [1.82, 2.24) is 4.90 Å². The Hall–Kier alpha value is 0.310. The Kier molecular flexibility index (Phi) is 8.59. The highest BCUT2D eigenvalue weighted by atomic mass is 127. The number of ether oxygens (including phenoxy) is 1. The lowest BCUT2D eigenvalue weighted by molar-refractivity contribution is 0.0793. The summed E-state index contributed by atoms with van der Waals surface area (Å²) in [6, 6.07) is 0. The predicted octanol–water partition coefficient (Wildman–Crippen LogP) is 2.71. The first kappa shape index (κ1) is 18.4. The molecule has 0 bridgehead atoms. The molecule has 2 fully saturated rings. The summed E-state index contributed by atoms with van der Waals surface area (Å²) in [5.74, 6) is 0.752. The minimum Gasteiger partial charge on any atom is -0.381 e. The van der Waals surface area contributed by atoms with E-state index < -0.39 is 0 Å². The lowest BCUT2D eigenvalue weighted by Crippen LogP contribution is -2.41. The third-order valence-electron chi connectivity index (χ3n) is 4.30. The standard InChI is InChI=1S/C14H27N3OS.HI/c1-19-14(6-10-18-11-7-14)12-16-13(15)17-8-4-2-3-5-9-17;/h2-12H2,1H3,(H2,15,16);1H. The van der Waals surface area contributed by atoms with E-state index in [-0.39, 0.29) is 28.7 Å². The van der Waals surface area contributed by atoms with Gasteiger partial charge in [0.25, 0.3) is 0 Å². The number of thioether (sulfide) groups is 1. The van der Waals surface area contributed by atoms with Crippen LogP contribution in [0.5, 0.6) is 0 Å². The van der Waals surface area contributed by atoms with E-state index in [9.17, 15) is 0 Å². The van der Waals surface area contributed by atoms with Gasteiger partial charge in [0, 0.05) is 31.1 Å². The van der Waals surface area contributed by atoms with E-state index in [1.54, 1.807) is 0 Å². The largest absolute Gasteiger partial charge is 0.381 e. The number of likely N-dealkylation sites (tertiary alicyclic amines) is 1. The molecule has 2 aliphatic heterocycles. The molecule has 6 heteroatoms. The Balaban J connectivity index is 0.00000200. The highest BCUT2D eigenvalue weighted by Crippen LogP contribution is 2.34. The van der Waals surface area contributed by atoms with Crippen LogP contribution in [0.15, 0.2) is 4.99 Å². The van der Waals surface area contributed by atoms with Crippen LogP contribution in [0.2, 0.25) is 0 Å². The van der Waals surface area contributed by atoms with Crippen molar-refractivity contribution in [2.24, 2.45) is 10.7 Å². The van der Waals surface area contributed by atoms with Crippen LogP contribution in [-0.4, -0.2) is 54.7 Å².